The molecule has 1 aliphatic heterocycles. The van der Waals surface area contributed by atoms with E-state index in [1.165, 1.54) is 6.92 Å². The first-order valence-electron chi connectivity index (χ1n) is 5.84. The Labute approximate surface area is 111 Å². The molecule has 1 atom stereocenters. The number of rotatable bonds is 4. The number of carboxylic acid groups (broad SMARTS) is 1. The topological polar surface area (TPSA) is 99.8 Å². The Kier molecular flexibility index (Phi) is 3.66. The number of aromatic carboxylic acids is 1. The predicted octanol–water partition coefficient (Wildman–Crippen LogP) is 0.269. The van der Waals surface area contributed by atoms with Gasteiger partial charge in [0.25, 0.3) is 0 Å². The van der Waals surface area contributed by atoms with Crippen molar-refractivity contribution in [2.75, 3.05) is 20.1 Å². The average Bonchev–Trinajstić information content (AvgIpc) is 2.85. The molecule has 0 amide bonds. The van der Waals surface area contributed by atoms with Crippen LogP contribution in [0.25, 0.3) is 0 Å². The standard InChI is InChI=1S/C11H16N2O5S/c1-7-10(5-9(18-7)11(14)15)19(16,17)12-8-3-4-13(2)6-8/h5,8,12H,3-4,6H2,1-2H3,(H,14,15). The Bertz CT molecular complexity index is 592. The van der Waals surface area contributed by atoms with Crippen molar-refractivity contribution in [3.05, 3.63) is 17.6 Å². The van der Waals surface area contributed by atoms with Gasteiger partial charge in [0.05, 0.1) is 0 Å². The van der Waals surface area contributed by atoms with Crippen LogP contribution in [0.2, 0.25) is 0 Å². The van der Waals surface area contributed by atoms with Crippen molar-refractivity contribution in [3.63, 3.8) is 0 Å². The molecule has 106 valence electrons. The highest BCUT2D eigenvalue weighted by atomic mass is 32.2. The number of likely N-dealkylation sites (N-methyl/N-ethyl adjacent to an activating group) is 1. The van der Waals surface area contributed by atoms with Crippen molar-refractivity contribution in [2.24, 2.45) is 0 Å². The molecule has 8 heteroatoms. The fourth-order valence-corrected chi connectivity index (χ4v) is 3.59. The number of carboxylic acids is 1. The van der Waals surface area contributed by atoms with Crippen molar-refractivity contribution >= 4 is 16.0 Å². The Morgan fingerprint density at radius 1 is 1.58 bits per heavy atom. The smallest absolute Gasteiger partial charge is 0.371 e. The lowest BCUT2D eigenvalue weighted by Gasteiger charge is -2.12. The van der Waals surface area contributed by atoms with E-state index in [0.717, 1.165) is 19.0 Å². The zero-order chi connectivity index (χ0) is 14.2. The average molecular weight is 288 g/mol. The van der Waals surface area contributed by atoms with Crippen molar-refractivity contribution in [1.29, 1.82) is 0 Å². The van der Waals surface area contributed by atoms with Gasteiger partial charge >= 0.3 is 5.97 Å². The minimum Gasteiger partial charge on any atom is -0.475 e. The quantitative estimate of drug-likeness (QED) is 0.825. The molecule has 1 unspecified atom stereocenters. The van der Waals surface area contributed by atoms with Gasteiger partial charge in [0.15, 0.2) is 0 Å². The maximum atomic E-state index is 12.2. The molecule has 0 saturated carbocycles. The number of sulfonamides is 1. The number of nitrogens with one attached hydrogen (secondary N) is 1. The monoisotopic (exact) mass is 288 g/mol. The fraction of sp³-hybridized carbons (Fsp3) is 0.545. The van der Waals surface area contributed by atoms with Crippen LogP contribution in [0.3, 0.4) is 0 Å². The van der Waals surface area contributed by atoms with Crippen LogP contribution >= 0.6 is 0 Å². The molecule has 1 aromatic heterocycles. The van der Waals surface area contributed by atoms with Crippen LogP contribution in [0, 0.1) is 6.92 Å². The van der Waals surface area contributed by atoms with Gasteiger partial charge in [0, 0.05) is 18.7 Å². The normalized spacial score (nSPS) is 20.8. The summed E-state index contributed by atoms with van der Waals surface area (Å²) in [5, 5.41) is 8.79. The summed E-state index contributed by atoms with van der Waals surface area (Å²) in [7, 11) is -1.83. The van der Waals surface area contributed by atoms with E-state index >= 15 is 0 Å². The van der Waals surface area contributed by atoms with Crippen LogP contribution in [0.15, 0.2) is 15.4 Å². The molecule has 2 rings (SSSR count). The Hall–Kier alpha value is -1.38. The number of furan rings is 1. The molecule has 1 fully saturated rings. The molecular weight excluding hydrogens is 272 g/mol. The molecule has 19 heavy (non-hydrogen) atoms. The van der Waals surface area contributed by atoms with E-state index in [-0.39, 0.29) is 22.5 Å². The molecule has 0 bridgehead atoms. The fourth-order valence-electron chi connectivity index (χ4n) is 2.15. The number of hydrogen-bond donors (Lipinski definition) is 2. The number of hydrogen-bond acceptors (Lipinski definition) is 5. The molecule has 1 aliphatic rings. The Morgan fingerprint density at radius 2 is 2.26 bits per heavy atom. The number of carbonyl (C=O) groups is 1. The van der Waals surface area contributed by atoms with Crippen LogP contribution in [-0.2, 0) is 10.0 Å². The molecule has 7 nitrogen and oxygen atoms in total. The van der Waals surface area contributed by atoms with Crippen LogP contribution in [0.5, 0.6) is 0 Å². The lowest BCUT2D eigenvalue weighted by atomic mass is 10.3. The van der Waals surface area contributed by atoms with Crippen LogP contribution in [-0.4, -0.2) is 50.6 Å². The summed E-state index contributed by atoms with van der Waals surface area (Å²) in [5.74, 6) is -1.58. The number of likely N-dealkylation sites (tertiary alicyclic amines) is 1. The van der Waals surface area contributed by atoms with Gasteiger partial charge in [-0.05, 0) is 26.9 Å². The van der Waals surface area contributed by atoms with E-state index in [2.05, 4.69) is 4.72 Å². The minimum atomic E-state index is -3.74. The second kappa shape index (κ2) is 4.95. The highest BCUT2D eigenvalue weighted by Gasteiger charge is 2.29. The highest BCUT2D eigenvalue weighted by molar-refractivity contribution is 7.89. The van der Waals surface area contributed by atoms with Gasteiger partial charge in [-0.25, -0.2) is 17.9 Å². The summed E-state index contributed by atoms with van der Waals surface area (Å²) in [6, 6.07) is 0.885. The summed E-state index contributed by atoms with van der Waals surface area (Å²) in [6.07, 6.45) is 0.735. The van der Waals surface area contributed by atoms with Crippen LogP contribution in [0.4, 0.5) is 0 Å². The second-order valence-electron chi connectivity index (χ2n) is 4.71. The van der Waals surface area contributed by atoms with Crippen molar-refractivity contribution in [1.82, 2.24) is 9.62 Å². The summed E-state index contributed by atoms with van der Waals surface area (Å²) in [6.45, 7) is 2.90. The van der Waals surface area contributed by atoms with Crippen molar-refractivity contribution in [3.8, 4) is 0 Å². The number of nitrogens with zero attached hydrogens (tertiary/aromatic N) is 1. The summed E-state index contributed by atoms with van der Waals surface area (Å²) < 4.78 is 31.8. The molecule has 0 radical (unpaired) electrons. The molecule has 1 aromatic rings. The first kappa shape index (κ1) is 14.0. The van der Waals surface area contributed by atoms with Gasteiger partial charge in [0.2, 0.25) is 15.8 Å². The van der Waals surface area contributed by atoms with E-state index in [1.54, 1.807) is 0 Å². The van der Waals surface area contributed by atoms with Crippen LogP contribution < -0.4 is 4.72 Å². The molecule has 2 heterocycles. The van der Waals surface area contributed by atoms with E-state index in [4.69, 9.17) is 9.52 Å². The highest BCUT2D eigenvalue weighted by Crippen LogP contribution is 2.21. The second-order valence-corrected chi connectivity index (χ2v) is 6.39. The largest absolute Gasteiger partial charge is 0.475 e. The molecule has 1 saturated heterocycles. The molecule has 0 spiro atoms. The van der Waals surface area contributed by atoms with E-state index in [1.807, 2.05) is 11.9 Å². The van der Waals surface area contributed by atoms with E-state index in [9.17, 15) is 13.2 Å². The van der Waals surface area contributed by atoms with Gasteiger partial charge in [-0.1, -0.05) is 0 Å². The lowest BCUT2D eigenvalue weighted by molar-refractivity contribution is 0.0661. The maximum Gasteiger partial charge on any atom is 0.371 e. The predicted molar refractivity (Wildman–Crippen MR) is 66.6 cm³/mol. The zero-order valence-corrected chi connectivity index (χ0v) is 11.5. The first-order valence-corrected chi connectivity index (χ1v) is 7.32. The van der Waals surface area contributed by atoms with Gasteiger partial charge in [0.1, 0.15) is 10.7 Å². The molecule has 0 aliphatic carbocycles. The van der Waals surface area contributed by atoms with Gasteiger partial charge in [-0.3, -0.25) is 0 Å². The lowest BCUT2D eigenvalue weighted by Crippen LogP contribution is -2.36. The third kappa shape index (κ3) is 2.96. The number of aryl methyl sites for hydroxylation is 1. The Balaban J connectivity index is 2.22. The van der Waals surface area contributed by atoms with Crippen molar-refractivity contribution < 1.29 is 22.7 Å². The third-order valence-electron chi connectivity index (χ3n) is 3.09. The molecule has 0 aromatic carbocycles. The van der Waals surface area contributed by atoms with Gasteiger partial charge in [-0.15, -0.1) is 0 Å². The summed E-state index contributed by atoms with van der Waals surface area (Å²) in [4.78, 5) is 12.7. The maximum absolute atomic E-state index is 12.2. The summed E-state index contributed by atoms with van der Waals surface area (Å²) >= 11 is 0. The minimum absolute atomic E-state index is 0.0799. The SMILES string of the molecule is Cc1oc(C(=O)O)cc1S(=O)(=O)NC1CCN(C)C1. The van der Waals surface area contributed by atoms with Crippen molar-refractivity contribution in [2.45, 2.75) is 24.3 Å². The Morgan fingerprint density at radius 3 is 2.74 bits per heavy atom. The third-order valence-corrected chi connectivity index (χ3v) is 4.71. The molecule has 2 N–H and O–H groups in total. The first-order chi connectivity index (χ1) is 8.79. The van der Waals surface area contributed by atoms with E-state index in [0.29, 0.717) is 6.54 Å². The molecular formula is C11H16N2O5S. The van der Waals surface area contributed by atoms with E-state index < -0.39 is 16.0 Å². The van der Waals surface area contributed by atoms with Gasteiger partial charge < -0.3 is 14.4 Å². The van der Waals surface area contributed by atoms with Gasteiger partial charge in [-0.2, -0.15) is 0 Å². The zero-order valence-electron chi connectivity index (χ0n) is 10.7. The van der Waals surface area contributed by atoms with Crippen LogP contribution in [0.1, 0.15) is 22.7 Å². The summed E-state index contributed by atoms with van der Waals surface area (Å²) in [5.41, 5.74) is 0.